The molecule has 6 heteroatoms. The number of ether oxygens (including phenoxy) is 1. The zero-order valence-electron chi connectivity index (χ0n) is 12.6. The molecular weight excluding hydrogens is 268 g/mol. The summed E-state index contributed by atoms with van der Waals surface area (Å²) in [7, 11) is 0. The molecule has 0 radical (unpaired) electrons. The lowest BCUT2D eigenvalue weighted by Gasteiger charge is -2.04. The van der Waals surface area contributed by atoms with Crippen LogP contribution in [0.4, 0.5) is 0 Å². The van der Waals surface area contributed by atoms with Gasteiger partial charge in [0, 0.05) is 17.6 Å². The van der Waals surface area contributed by atoms with Crippen LogP contribution in [0.1, 0.15) is 48.5 Å². The van der Waals surface area contributed by atoms with Crippen molar-refractivity contribution in [2.45, 2.75) is 45.6 Å². The number of aromatic amines is 1. The number of nitrogens with two attached hydrogens (primary N) is 1. The molecule has 3 N–H and O–H groups in total. The predicted molar refractivity (Wildman–Crippen MR) is 81.0 cm³/mol. The summed E-state index contributed by atoms with van der Waals surface area (Å²) >= 11 is 0. The Morgan fingerprint density at radius 2 is 2.14 bits per heavy atom. The highest BCUT2D eigenvalue weighted by Crippen LogP contribution is 2.18. The minimum absolute atomic E-state index is 0.342. The highest BCUT2D eigenvalue weighted by Gasteiger charge is 2.13. The third-order valence-corrected chi connectivity index (χ3v) is 3.65. The summed E-state index contributed by atoms with van der Waals surface area (Å²) in [5.41, 5.74) is 7.55. The quantitative estimate of drug-likeness (QED) is 0.828. The molecule has 1 aliphatic carbocycles. The summed E-state index contributed by atoms with van der Waals surface area (Å²) < 4.78 is 4.92. The molecule has 2 aromatic heterocycles. The molecular formula is C15H22N4O2. The van der Waals surface area contributed by atoms with Crippen LogP contribution in [-0.4, -0.2) is 33.8 Å². The first kappa shape index (κ1) is 15.4. The van der Waals surface area contributed by atoms with Gasteiger partial charge in [0.15, 0.2) is 5.65 Å². The highest BCUT2D eigenvalue weighted by atomic mass is 16.5. The van der Waals surface area contributed by atoms with Gasteiger partial charge in [-0.25, -0.2) is 9.78 Å². The Bertz CT molecular complexity index is 603. The Balaban J connectivity index is 0.000000225. The molecule has 6 nitrogen and oxygen atoms in total. The lowest BCUT2D eigenvalue weighted by Crippen LogP contribution is -2.13. The first-order valence-corrected chi connectivity index (χ1v) is 7.34. The van der Waals surface area contributed by atoms with Crippen LogP contribution < -0.4 is 5.73 Å². The number of fused-ring (bicyclic) bond motifs is 1. The molecule has 0 atom stereocenters. The Hall–Kier alpha value is -1.95. The van der Waals surface area contributed by atoms with Crippen LogP contribution in [0.5, 0.6) is 0 Å². The maximum Gasteiger partial charge on any atom is 0.339 e. The highest BCUT2D eigenvalue weighted by molar-refractivity contribution is 5.95. The molecule has 0 unspecified atom stereocenters. The molecule has 0 amide bonds. The number of carbonyl (C=O) groups excluding carboxylic acids is 1. The van der Waals surface area contributed by atoms with Crippen LogP contribution in [0.25, 0.3) is 11.0 Å². The number of hydrogen-bond acceptors (Lipinski definition) is 5. The zero-order chi connectivity index (χ0) is 15.2. The second kappa shape index (κ2) is 7.17. The molecule has 2 aromatic rings. The van der Waals surface area contributed by atoms with Gasteiger partial charge in [-0.15, -0.1) is 0 Å². The van der Waals surface area contributed by atoms with Crippen molar-refractivity contribution in [1.29, 1.82) is 0 Å². The van der Waals surface area contributed by atoms with Crippen molar-refractivity contribution in [3.63, 3.8) is 0 Å². The summed E-state index contributed by atoms with van der Waals surface area (Å²) in [6.07, 6.45) is 8.41. The second-order valence-electron chi connectivity index (χ2n) is 5.19. The van der Waals surface area contributed by atoms with Crippen molar-refractivity contribution in [2.75, 3.05) is 6.61 Å². The van der Waals surface area contributed by atoms with Crippen LogP contribution >= 0.6 is 0 Å². The van der Waals surface area contributed by atoms with Gasteiger partial charge < -0.3 is 10.5 Å². The molecule has 0 saturated heterocycles. The fourth-order valence-corrected chi connectivity index (χ4v) is 2.40. The van der Waals surface area contributed by atoms with Crippen molar-refractivity contribution in [3.8, 4) is 0 Å². The van der Waals surface area contributed by atoms with Crippen LogP contribution in [0, 0.1) is 6.92 Å². The van der Waals surface area contributed by atoms with Gasteiger partial charge in [-0.3, -0.25) is 5.10 Å². The molecule has 0 spiro atoms. The molecule has 3 rings (SSSR count). The van der Waals surface area contributed by atoms with E-state index in [1.807, 2.05) is 6.92 Å². The summed E-state index contributed by atoms with van der Waals surface area (Å²) in [6, 6.07) is 0.546. The lowest BCUT2D eigenvalue weighted by molar-refractivity contribution is 0.0525. The summed E-state index contributed by atoms with van der Waals surface area (Å²) in [5, 5.41) is 7.46. The Kier molecular flexibility index (Phi) is 5.27. The number of hydrogen-bond donors (Lipinski definition) is 2. The van der Waals surface area contributed by atoms with Crippen LogP contribution in [-0.2, 0) is 4.74 Å². The standard InChI is InChI=1S/C10H11N3O2.C5H11N/c1-3-15-10(14)8-4-11-9-7(6(8)2)5-12-13-9;6-5-3-1-2-4-5/h4-5H,3H2,1-2H3,(H,11,12,13);5H,1-4,6H2. The third kappa shape index (κ3) is 3.78. The minimum Gasteiger partial charge on any atom is -0.462 e. The number of carbonyl (C=O) groups is 1. The van der Waals surface area contributed by atoms with E-state index in [0.29, 0.717) is 23.9 Å². The Morgan fingerprint density at radius 1 is 1.43 bits per heavy atom. The number of esters is 1. The van der Waals surface area contributed by atoms with E-state index in [4.69, 9.17) is 10.5 Å². The molecule has 2 heterocycles. The van der Waals surface area contributed by atoms with E-state index in [1.54, 1.807) is 13.1 Å². The average Bonchev–Trinajstić information content (AvgIpc) is 3.11. The normalized spacial score (nSPS) is 14.8. The van der Waals surface area contributed by atoms with Gasteiger partial charge in [-0.2, -0.15) is 5.10 Å². The third-order valence-electron chi connectivity index (χ3n) is 3.65. The summed E-state index contributed by atoms with van der Waals surface area (Å²) in [5.74, 6) is -0.342. The van der Waals surface area contributed by atoms with Gasteiger partial charge in [0.1, 0.15) is 0 Å². The van der Waals surface area contributed by atoms with Gasteiger partial charge in [0.05, 0.1) is 18.4 Å². The van der Waals surface area contributed by atoms with Crippen LogP contribution in [0.2, 0.25) is 0 Å². The maximum atomic E-state index is 11.5. The zero-order valence-corrected chi connectivity index (χ0v) is 12.6. The van der Waals surface area contributed by atoms with E-state index in [0.717, 1.165) is 10.9 Å². The monoisotopic (exact) mass is 290 g/mol. The topological polar surface area (TPSA) is 93.9 Å². The van der Waals surface area contributed by atoms with Crippen LogP contribution in [0.15, 0.2) is 12.4 Å². The van der Waals surface area contributed by atoms with E-state index in [9.17, 15) is 4.79 Å². The van der Waals surface area contributed by atoms with Gasteiger partial charge in [0.25, 0.3) is 0 Å². The second-order valence-corrected chi connectivity index (χ2v) is 5.19. The number of aryl methyl sites for hydroxylation is 1. The van der Waals surface area contributed by atoms with Gasteiger partial charge in [-0.05, 0) is 32.3 Å². The van der Waals surface area contributed by atoms with Crippen molar-refractivity contribution in [1.82, 2.24) is 15.2 Å². The fraction of sp³-hybridized carbons (Fsp3) is 0.533. The predicted octanol–water partition coefficient (Wildman–Crippen LogP) is 2.33. The number of nitrogens with one attached hydrogen (secondary N) is 1. The first-order valence-electron chi connectivity index (χ1n) is 7.34. The van der Waals surface area contributed by atoms with Gasteiger partial charge in [-0.1, -0.05) is 12.8 Å². The number of aromatic nitrogens is 3. The van der Waals surface area contributed by atoms with Crippen molar-refractivity contribution < 1.29 is 9.53 Å². The minimum atomic E-state index is -0.342. The molecule has 1 fully saturated rings. The molecule has 1 saturated carbocycles. The van der Waals surface area contributed by atoms with E-state index in [-0.39, 0.29) is 5.97 Å². The van der Waals surface area contributed by atoms with E-state index < -0.39 is 0 Å². The van der Waals surface area contributed by atoms with E-state index in [2.05, 4.69) is 15.2 Å². The molecule has 0 bridgehead atoms. The molecule has 114 valence electrons. The molecule has 21 heavy (non-hydrogen) atoms. The van der Waals surface area contributed by atoms with Crippen LogP contribution in [0.3, 0.4) is 0 Å². The molecule has 0 aromatic carbocycles. The van der Waals surface area contributed by atoms with E-state index in [1.165, 1.54) is 31.9 Å². The summed E-state index contributed by atoms with van der Waals surface area (Å²) in [4.78, 5) is 15.6. The van der Waals surface area contributed by atoms with Gasteiger partial charge >= 0.3 is 5.97 Å². The number of H-pyrrole nitrogens is 1. The van der Waals surface area contributed by atoms with Crippen molar-refractivity contribution >= 4 is 17.0 Å². The SMILES string of the molecule is CCOC(=O)c1cnc2[nH]ncc2c1C.NC1CCCC1. The molecule has 1 aliphatic rings. The number of pyridine rings is 1. The first-order chi connectivity index (χ1) is 10.1. The number of rotatable bonds is 2. The smallest absolute Gasteiger partial charge is 0.339 e. The summed E-state index contributed by atoms with van der Waals surface area (Å²) in [6.45, 7) is 3.99. The number of nitrogens with zero attached hydrogens (tertiary/aromatic N) is 2. The maximum absolute atomic E-state index is 11.5. The Morgan fingerprint density at radius 3 is 2.71 bits per heavy atom. The van der Waals surface area contributed by atoms with Crippen molar-refractivity contribution in [2.24, 2.45) is 5.73 Å². The van der Waals surface area contributed by atoms with Crippen molar-refractivity contribution in [3.05, 3.63) is 23.5 Å². The lowest BCUT2D eigenvalue weighted by atomic mass is 10.1. The molecule has 0 aliphatic heterocycles. The van der Waals surface area contributed by atoms with Gasteiger partial charge in [0.2, 0.25) is 0 Å². The Labute approximate surface area is 124 Å². The fourth-order valence-electron chi connectivity index (χ4n) is 2.40. The van der Waals surface area contributed by atoms with E-state index >= 15 is 0 Å². The average molecular weight is 290 g/mol. The largest absolute Gasteiger partial charge is 0.462 e.